The van der Waals surface area contributed by atoms with Crippen LogP contribution in [0.2, 0.25) is 5.02 Å². The number of hydrogen-bond donors (Lipinski definition) is 1. The molecule has 0 radical (unpaired) electrons. The summed E-state index contributed by atoms with van der Waals surface area (Å²) in [6.45, 7) is 0. The molecule has 0 amide bonds. The van der Waals surface area contributed by atoms with Gasteiger partial charge in [-0.05, 0) is 36.4 Å². The van der Waals surface area contributed by atoms with Crippen LogP contribution in [0.4, 0.5) is 11.4 Å². The third kappa shape index (κ3) is 3.19. The summed E-state index contributed by atoms with van der Waals surface area (Å²) in [5.74, 6) is 0.749. The van der Waals surface area contributed by atoms with Gasteiger partial charge in [-0.25, -0.2) is 0 Å². The van der Waals surface area contributed by atoms with Crippen molar-refractivity contribution in [1.82, 2.24) is 9.78 Å². The SMILES string of the molecule is COc1ccc(Nc2cnn(-c3ccccc3)c(=O)c2Cl)cc1. The Balaban J connectivity index is 1.92. The molecule has 0 bridgehead atoms. The van der Waals surface area contributed by atoms with E-state index in [9.17, 15) is 4.79 Å². The number of ether oxygens (including phenoxy) is 1. The first-order chi connectivity index (χ1) is 11.2. The van der Waals surface area contributed by atoms with Gasteiger partial charge in [0.2, 0.25) is 0 Å². The number of halogens is 1. The van der Waals surface area contributed by atoms with Crippen LogP contribution in [0.1, 0.15) is 0 Å². The van der Waals surface area contributed by atoms with Crippen molar-refractivity contribution in [3.8, 4) is 11.4 Å². The van der Waals surface area contributed by atoms with E-state index >= 15 is 0 Å². The lowest BCUT2D eigenvalue weighted by Crippen LogP contribution is -2.22. The second-order valence-electron chi connectivity index (χ2n) is 4.78. The quantitative estimate of drug-likeness (QED) is 0.795. The van der Waals surface area contributed by atoms with Gasteiger partial charge in [-0.2, -0.15) is 9.78 Å². The zero-order chi connectivity index (χ0) is 16.2. The molecule has 5 nitrogen and oxygen atoms in total. The molecule has 3 rings (SSSR count). The molecule has 23 heavy (non-hydrogen) atoms. The maximum absolute atomic E-state index is 12.4. The number of methoxy groups -OCH3 is 1. The minimum absolute atomic E-state index is 0.0830. The summed E-state index contributed by atoms with van der Waals surface area (Å²) < 4.78 is 6.37. The Labute approximate surface area is 138 Å². The summed E-state index contributed by atoms with van der Waals surface area (Å²) in [6.07, 6.45) is 1.53. The van der Waals surface area contributed by atoms with Crippen LogP contribution in [0.25, 0.3) is 5.69 Å². The molecule has 0 saturated carbocycles. The molecular weight excluding hydrogens is 314 g/mol. The van der Waals surface area contributed by atoms with E-state index in [1.807, 2.05) is 42.5 Å². The Morgan fingerprint density at radius 1 is 1.09 bits per heavy atom. The number of hydrogen-bond acceptors (Lipinski definition) is 4. The highest BCUT2D eigenvalue weighted by atomic mass is 35.5. The largest absolute Gasteiger partial charge is 0.497 e. The van der Waals surface area contributed by atoms with Gasteiger partial charge in [-0.3, -0.25) is 4.79 Å². The highest BCUT2D eigenvalue weighted by Gasteiger charge is 2.10. The standard InChI is InChI=1S/C17H14ClN3O2/c1-23-14-9-7-12(8-10-14)20-15-11-19-21(17(22)16(15)18)13-5-3-2-4-6-13/h2-11,20H,1H3. The van der Waals surface area contributed by atoms with Crippen LogP contribution in [0.5, 0.6) is 5.75 Å². The van der Waals surface area contributed by atoms with Crippen molar-refractivity contribution in [1.29, 1.82) is 0 Å². The van der Waals surface area contributed by atoms with E-state index in [0.29, 0.717) is 11.4 Å². The van der Waals surface area contributed by atoms with Gasteiger partial charge in [-0.15, -0.1) is 0 Å². The topological polar surface area (TPSA) is 56.1 Å². The molecule has 3 aromatic rings. The average molecular weight is 328 g/mol. The normalized spacial score (nSPS) is 10.3. The van der Waals surface area contributed by atoms with Crippen LogP contribution in [0.15, 0.2) is 65.6 Å². The van der Waals surface area contributed by atoms with Gasteiger partial charge in [0.05, 0.1) is 24.7 Å². The molecule has 2 aromatic carbocycles. The summed E-state index contributed by atoms with van der Waals surface area (Å²) in [5, 5.41) is 7.33. The van der Waals surface area contributed by atoms with Gasteiger partial charge in [0.1, 0.15) is 10.8 Å². The maximum atomic E-state index is 12.4. The average Bonchev–Trinajstić information content (AvgIpc) is 2.60. The van der Waals surface area contributed by atoms with Crippen molar-refractivity contribution in [2.45, 2.75) is 0 Å². The third-order valence-corrected chi connectivity index (χ3v) is 3.65. The van der Waals surface area contributed by atoms with E-state index in [2.05, 4.69) is 10.4 Å². The molecule has 116 valence electrons. The molecule has 0 atom stereocenters. The highest BCUT2D eigenvalue weighted by molar-refractivity contribution is 6.33. The molecule has 0 saturated heterocycles. The Morgan fingerprint density at radius 3 is 2.43 bits per heavy atom. The van der Waals surface area contributed by atoms with Crippen molar-refractivity contribution < 1.29 is 4.74 Å². The molecular formula is C17H14ClN3O2. The Hall–Kier alpha value is -2.79. The summed E-state index contributed by atoms with van der Waals surface area (Å²) in [6, 6.07) is 16.4. The molecule has 0 unspecified atom stereocenters. The Kier molecular flexibility index (Phi) is 4.30. The lowest BCUT2D eigenvalue weighted by Gasteiger charge is -2.10. The number of benzene rings is 2. The van der Waals surface area contributed by atoms with Crippen LogP contribution >= 0.6 is 11.6 Å². The number of nitrogens with zero attached hydrogens (tertiary/aromatic N) is 2. The van der Waals surface area contributed by atoms with E-state index in [-0.39, 0.29) is 10.6 Å². The first kappa shape index (κ1) is 15.1. The van der Waals surface area contributed by atoms with Crippen LogP contribution in [0, 0.1) is 0 Å². The smallest absolute Gasteiger partial charge is 0.292 e. The van der Waals surface area contributed by atoms with Crippen molar-refractivity contribution >= 4 is 23.0 Å². The molecule has 0 aliphatic carbocycles. The minimum atomic E-state index is -0.378. The molecule has 1 N–H and O–H groups in total. The Morgan fingerprint density at radius 2 is 1.78 bits per heavy atom. The molecule has 1 aromatic heterocycles. The lowest BCUT2D eigenvalue weighted by molar-refractivity contribution is 0.415. The van der Waals surface area contributed by atoms with Gasteiger partial charge in [0.15, 0.2) is 0 Å². The third-order valence-electron chi connectivity index (χ3n) is 3.29. The fourth-order valence-corrected chi connectivity index (χ4v) is 2.28. The minimum Gasteiger partial charge on any atom is -0.497 e. The molecule has 0 aliphatic heterocycles. The summed E-state index contributed by atoms with van der Waals surface area (Å²) >= 11 is 6.20. The number of rotatable bonds is 4. The van der Waals surface area contributed by atoms with Crippen LogP contribution < -0.4 is 15.6 Å². The second-order valence-corrected chi connectivity index (χ2v) is 5.16. The van der Waals surface area contributed by atoms with Gasteiger partial charge >= 0.3 is 0 Å². The van der Waals surface area contributed by atoms with E-state index in [0.717, 1.165) is 11.4 Å². The van der Waals surface area contributed by atoms with Gasteiger partial charge in [0.25, 0.3) is 5.56 Å². The summed E-state index contributed by atoms with van der Waals surface area (Å²) in [7, 11) is 1.60. The van der Waals surface area contributed by atoms with Crippen LogP contribution in [-0.2, 0) is 0 Å². The fourth-order valence-electron chi connectivity index (χ4n) is 2.10. The van der Waals surface area contributed by atoms with Gasteiger partial charge in [0, 0.05) is 5.69 Å². The van der Waals surface area contributed by atoms with Gasteiger partial charge in [-0.1, -0.05) is 29.8 Å². The van der Waals surface area contributed by atoms with E-state index < -0.39 is 0 Å². The van der Waals surface area contributed by atoms with Crippen LogP contribution in [-0.4, -0.2) is 16.9 Å². The predicted octanol–water partition coefficient (Wildman–Crippen LogP) is 3.64. The monoisotopic (exact) mass is 327 g/mol. The van der Waals surface area contributed by atoms with Gasteiger partial charge < -0.3 is 10.1 Å². The first-order valence-corrected chi connectivity index (χ1v) is 7.31. The maximum Gasteiger partial charge on any atom is 0.292 e. The van der Waals surface area contributed by atoms with Crippen molar-refractivity contribution in [2.75, 3.05) is 12.4 Å². The predicted molar refractivity (Wildman–Crippen MR) is 91.1 cm³/mol. The number of nitrogens with one attached hydrogen (secondary N) is 1. The number of anilines is 2. The zero-order valence-corrected chi connectivity index (χ0v) is 13.1. The van der Waals surface area contributed by atoms with E-state index in [4.69, 9.17) is 16.3 Å². The highest BCUT2D eigenvalue weighted by Crippen LogP contribution is 2.23. The zero-order valence-electron chi connectivity index (χ0n) is 12.4. The molecule has 1 heterocycles. The van der Waals surface area contributed by atoms with Crippen molar-refractivity contribution in [2.24, 2.45) is 0 Å². The first-order valence-electron chi connectivity index (χ1n) is 6.93. The Bertz CT molecular complexity index is 861. The van der Waals surface area contributed by atoms with Crippen molar-refractivity contribution in [3.63, 3.8) is 0 Å². The molecule has 0 spiro atoms. The van der Waals surface area contributed by atoms with E-state index in [1.54, 1.807) is 19.2 Å². The number of aromatic nitrogens is 2. The molecule has 6 heteroatoms. The van der Waals surface area contributed by atoms with Crippen molar-refractivity contribution in [3.05, 3.63) is 76.2 Å². The van der Waals surface area contributed by atoms with Crippen LogP contribution in [0.3, 0.4) is 0 Å². The lowest BCUT2D eigenvalue weighted by atomic mass is 10.3. The second kappa shape index (κ2) is 6.54. The number of para-hydroxylation sites is 1. The van der Waals surface area contributed by atoms with E-state index in [1.165, 1.54) is 10.9 Å². The summed E-state index contributed by atoms with van der Waals surface area (Å²) in [4.78, 5) is 12.4. The molecule has 0 fully saturated rings. The fraction of sp³-hybridized carbons (Fsp3) is 0.0588. The summed E-state index contributed by atoms with van der Waals surface area (Å²) in [5.41, 5.74) is 1.52. The molecule has 0 aliphatic rings.